The Morgan fingerprint density at radius 3 is 2.17 bits per heavy atom. The molecule has 0 aliphatic heterocycles. The molecular formula is C28H30Cl2F3N3O4. The van der Waals surface area contributed by atoms with Crippen LogP contribution in [0, 0.1) is 23.2 Å². The van der Waals surface area contributed by atoms with E-state index in [9.17, 15) is 32.7 Å². The summed E-state index contributed by atoms with van der Waals surface area (Å²) in [6, 6.07) is 3.45. The van der Waals surface area contributed by atoms with Crippen molar-refractivity contribution in [2.24, 2.45) is 23.2 Å². The number of carbonyl (C=O) groups excluding carboxylic acids is 2. The summed E-state index contributed by atoms with van der Waals surface area (Å²) in [7, 11) is 0. The Kier molecular flexibility index (Phi) is 7.48. The summed E-state index contributed by atoms with van der Waals surface area (Å²) >= 11 is 12.5. The van der Waals surface area contributed by atoms with E-state index in [1.807, 2.05) is 0 Å². The van der Waals surface area contributed by atoms with Crippen LogP contribution in [-0.4, -0.2) is 50.0 Å². The summed E-state index contributed by atoms with van der Waals surface area (Å²) < 4.78 is 44.3. The maximum atomic E-state index is 14.5. The smallest absolute Gasteiger partial charge is 0.433 e. The van der Waals surface area contributed by atoms with E-state index in [4.69, 9.17) is 23.2 Å². The summed E-state index contributed by atoms with van der Waals surface area (Å²) in [5.41, 5.74) is -1.68. The number of alkyl halides is 3. The van der Waals surface area contributed by atoms with E-state index in [1.165, 1.54) is 17.0 Å². The predicted octanol–water partition coefficient (Wildman–Crippen LogP) is 6.78. The summed E-state index contributed by atoms with van der Waals surface area (Å²) in [4.78, 5) is 39.9. The van der Waals surface area contributed by atoms with Crippen LogP contribution < -0.4 is 0 Å². The Bertz CT molecular complexity index is 1320. The number of halogens is 5. The van der Waals surface area contributed by atoms with Crippen molar-refractivity contribution in [1.82, 2.24) is 14.7 Å². The van der Waals surface area contributed by atoms with Gasteiger partial charge in [0.2, 0.25) is 0 Å². The molecule has 1 amide bonds. The average molecular weight is 600 g/mol. The molecule has 216 valence electrons. The van der Waals surface area contributed by atoms with Gasteiger partial charge in [-0.1, -0.05) is 43.1 Å². The van der Waals surface area contributed by atoms with Crippen molar-refractivity contribution in [2.75, 3.05) is 6.54 Å². The lowest BCUT2D eigenvalue weighted by Crippen LogP contribution is -2.44. The Hall–Kier alpha value is -2.59. The highest BCUT2D eigenvalue weighted by molar-refractivity contribution is 6.40. The number of rotatable bonds is 7. The molecule has 2 aromatic rings. The number of amides is 1. The van der Waals surface area contributed by atoms with Crippen LogP contribution in [0.15, 0.2) is 24.4 Å². The molecule has 40 heavy (non-hydrogen) atoms. The molecule has 7 nitrogen and oxygen atoms in total. The zero-order valence-corrected chi connectivity index (χ0v) is 23.6. The summed E-state index contributed by atoms with van der Waals surface area (Å²) in [6.07, 6.45) is -1.96. The van der Waals surface area contributed by atoms with Crippen molar-refractivity contribution in [2.45, 2.75) is 70.6 Å². The Balaban J connectivity index is 1.47. The molecule has 3 fully saturated rings. The van der Waals surface area contributed by atoms with E-state index in [0.717, 1.165) is 10.9 Å². The lowest BCUT2D eigenvalue weighted by molar-refractivity contribution is -0.147. The van der Waals surface area contributed by atoms with Crippen LogP contribution in [0.5, 0.6) is 0 Å². The Morgan fingerprint density at radius 2 is 1.65 bits per heavy atom. The van der Waals surface area contributed by atoms with Gasteiger partial charge in [0, 0.05) is 6.04 Å². The van der Waals surface area contributed by atoms with Crippen molar-refractivity contribution in [3.63, 3.8) is 0 Å². The molecule has 0 unspecified atom stereocenters. The minimum atomic E-state index is -4.90. The first-order valence-electron chi connectivity index (χ1n) is 13.4. The minimum absolute atomic E-state index is 0.0223. The number of nitrogens with zero attached hydrogens (tertiary/aromatic N) is 3. The molecule has 3 saturated carbocycles. The number of Topliss-reactive ketones (excluding diaryl/α,β-unsaturated/α-hetero) is 1. The average Bonchev–Trinajstić information content (AvgIpc) is 3.31. The number of aliphatic carboxylic acids is 1. The van der Waals surface area contributed by atoms with Crippen LogP contribution in [0.3, 0.4) is 0 Å². The monoisotopic (exact) mass is 599 g/mol. The van der Waals surface area contributed by atoms with Crippen LogP contribution in [0.25, 0.3) is 0 Å². The standard InChI is InChI=1S/C28H30Cl2F3N3O4/c1-27(2)18-10-16(11-19(18)27)35(13-22(37)23-20(29)4-3-5-21(23)30)25(38)17-12-34-36(24(17)28(31,32)33)15-8-6-14(7-9-15)26(39)40/h3-5,12,14-16,18-19H,6-11,13H2,1-2H3,(H,39,40)/t14-,15-,16-,18+,19-. The van der Waals surface area contributed by atoms with Gasteiger partial charge in [0.1, 0.15) is 0 Å². The molecular weight excluding hydrogens is 570 g/mol. The highest BCUT2D eigenvalue weighted by Gasteiger charge is 2.63. The van der Waals surface area contributed by atoms with Gasteiger partial charge < -0.3 is 10.0 Å². The molecule has 1 N–H and O–H groups in total. The summed E-state index contributed by atoms with van der Waals surface area (Å²) in [5.74, 6) is -2.42. The summed E-state index contributed by atoms with van der Waals surface area (Å²) in [5, 5.41) is 13.5. The second kappa shape index (κ2) is 10.4. The van der Waals surface area contributed by atoms with Crippen LogP contribution in [0.2, 0.25) is 10.0 Å². The fourth-order valence-electron chi connectivity index (χ4n) is 6.90. The second-order valence-electron chi connectivity index (χ2n) is 11.8. The number of fused-ring (bicyclic) bond motifs is 1. The van der Waals surface area contributed by atoms with Gasteiger partial charge in [0.05, 0.1) is 45.9 Å². The first kappa shape index (κ1) is 28.9. The molecule has 0 bridgehead atoms. The molecule has 1 heterocycles. The van der Waals surface area contributed by atoms with Crippen molar-refractivity contribution < 1.29 is 32.7 Å². The van der Waals surface area contributed by atoms with Crippen LogP contribution in [-0.2, 0) is 11.0 Å². The quantitative estimate of drug-likeness (QED) is 0.354. The van der Waals surface area contributed by atoms with Gasteiger partial charge in [-0.15, -0.1) is 0 Å². The van der Waals surface area contributed by atoms with Gasteiger partial charge in [-0.25, -0.2) is 0 Å². The van der Waals surface area contributed by atoms with E-state index in [-0.39, 0.29) is 46.7 Å². The topological polar surface area (TPSA) is 92.5 Å². The van der Waals surface area contributed by atoms with Crippen LogP contribution in [0.1, 0.15) is 84.8 Å². The molecule has 1 aromatic heterocycles. The summed E-state index contributed by atoms with van der Waals surface area (Å²) in [6.45, 7) is 3.79. The number of carboxylic acid groups (broad SMARTS) is 1. The fourth-order valence-corrected chi connectivity index (χ4v) is 7.50. The zero-order valence-electron chi connectivity index (χ0n) is 22.0. The Labute approximate surface area is 239 Å². The maximum Gasteiger partial charge on any atom is 0.433 e. The number of carbonyl (C=O) groups is 3. The van der Waals surface area contributed by atoms with Gasteiger partial charge in [-0.2, -0.15) is 18.3 Å². The number of hydrogen-bond donors (Lipinski definition) is 1. The molecule has 3 aliphatic carbocycles. The molecule has 0 radical (unpaired) electrons. The number of hydrogen-bond acceptors (Lipinski definition) is 4. The molecule has 3 atom stereocenters. The van der Waals surface area contributed by atoms with Gasteiger partial charge in [0.15, 0.2) is 11.5 Å². The van der Waals surface area contributed by atoms with Crippen molar-refractivity contribution in [1.29, 1.82) is 0 Å². The van der Waals surface area contributed by atoms with Crippen LogP contribution in [0.4, 0.5) is 13.2 Å². The number of ketones is 1. The normalized spacial score (nSPS) is 27.2. The first-order chi connectivity index (χ1) is 18.7. The maximum absolute atomic E-state index is 14.5. The van der Waals surface area contributed by atoms with E-state index in [0.29, 0.717) is 24.7 Å². The van der Waals surface area contributed by atoms with Crippen molar-refractivity contribution >= 4 is 40.9 Å². The third-order valence-corrected chi connectivity index (χ3v) is 9.91. The fraction of sp³-hybridized carbons (Fsp3) is 0.571. The van der Waals surface area contributed by atoms with Gasteiger partial charge >= 0.3 is 12.1 Å². The molecule has 0 saturated heterocycles. The van der Waals surface area contributed by atoms with E-state index >= 15 is 0 Å². The minimum Gasteiger partial charge on any atom is -0.481 e. The highest BCUT2D eigenvalue weighted by Crippen LogP contribution is 2.67. The first-order valence-corrected chi connectivity index (χ1v) is 14.1. The third kappa shape index (κ3) is 5.13. The predicted molar refractivity (Wildman–Crippen MR) is 141 cm³/mol. The zero-order chi connectivity index (χ0) is 29.1. The van der Waals surface area contributed by atoms with Crippen LogP contribution >= 0.6 is 23.2 Å². The van der Waals surface area contributed by atoms with Crippen molar-refractivity contribution in [3.05, 3.63) is 51.3 Å². The van der Waals surface area contributed by atoms with Gasteiger partial charge in [-0.3, -0.25) is 19.1 Å². The Morgan fingerprint density at radius 1 is 1.07 bits per heavy atom. The largest absolute Gasteiger partial charge is 0.481 e. The van der Waals surface area contributed by atoms with E-state index in [1.54, 1.807) is 6.07 Å². The molecule has 3 aliphatic rings. The molecule has 0 spiro atoms. The lowest BCUT2D eigenvalue weighted by atomic mass is 9.86. The number of benzene rings is 1. The SMILES string of the molecule is CC1(C)[C@@H]2C[C@H](N(CC(=O)c3c(Cl)cccc3Cl)C(=O)c3cnn([C@H]4CC[C@H](C(=O)O)CC4)c3C(F)(F)F)C[C@@H]21. The third-order valence-electron chi connectivity index (χ3n) is 9.28. The van der Waals surface area contributed by atoms with Gasteiger partial charge in [-0.05, 0) is 67.9 Å². The lowest BCUT2D eigenvalue weighted by Gasteiger charge is -2.32. The second-order valence-corrected chi connectivity index (χ2v) is 12.6. The van der Waals surface area contributed by atoms with Crippen molar-refractivity contribution in [3.8, 4) is 0 Å². The van der Waals surface area contributed by atoms with Gasteiger partial charge in [0.25, 0.3) is 5.91 Å². The van der Waals surface area contributed by atoms with E-state index < -0.39 is 59.6 Å². The molecule has 5 rings (SSSR count). The number of carboxylic acids is 1. The number of aromatic nitrogens is 2. The highest BCUT2D eigenvalue weighted by atomic mass is 35.5. The van der Waals surface area contributed by atoms with E-state index in [2.05, 4.69) is 18.9 Å². The molecule has 1 aromatic carbocycles. The molecule has 12 heteroatoms.